The van der Waals surface area contributed by atoms with Crippen molar-refractivity contribution in [3.63, 3.8) is 0 Å². The fourth-order valence-electron chi connectivity index (χ4n) is 7.29. The first-order chi connectivity index (χ1) is 35.2. The molecule has 0 saturated carbocycles. The fourth-order valence-corrected chi connectivity index (χ4v) is 8.75. The fraction of sp³-hybridized carbons (Fsp3) is 0.115. The van der Waals surface area contributed by atoms with Gasteiger partial charge in [0.05, 0.1) is 50.0 Å². The van der Waals surface area contributed by atoms with Gasteiger partial charge in [-0.2, -0.15) is 21.9 Å². The predicted octanol–water partition coefficient (Wildman–Crippen LogP) is 11.8. The summed E-state index contributed by atoms with van der Waals surface area (Å²) in [6, 6.07) is 34.8. The Morgan fingerprint density at radius 2 is 1.07 bits per heavy atom. The molecule has 0 aliphatic rings. The topological polar surface area (TPSA) is 284 Å². The Bertz CT molecular complexity index is 3830. The summed E-state index contributed by atoms with van der Waals surface area (Å²) in [5, 5.41) is 58.8. The average Bonchev–Trinajstić information content (AvgIpc) is 3.36. The van der Waals surface area contributed by atoms with E-state index in [9.17, 15) is 46.1 Å². The van der Waals surface area contributed by atoms with Crippen LogP contribution in [0, 0.1) is 13.8 Å². The zero-order valence-electron chi connectivity index (χ0n) is 40.1. The Hall–Kier alpha value is -6.72. The number of hydrogen-bond donors (Lipinski definition) is 4. The van der Waals surface area contributed by atoms with Gasteiger partial charge < -0.3 is 30.1 Å². The van der Waals surface area contributed by atoms with E-state index < -0.39 is 53.3 Å². The number of halogens is 2. The molecule has 0 aliphatic heterocycles. The SMILES string of the molecule is CCOc1ccccc1N=C([O-])c1cc2ccccc2c(N=Nc2cc(S(=O)(=O)O)cc(C)c2Cl)c1[O-].CCOc1ccccc1NC(=O)c1cc2ccccc2c(N=Nc2cc(S(=O)(=O)O)cc(C)c2Cl)c1O.[Ca+2]. The zero-order valence-corrected chi connectivity index (χ0v) is 45.5. The van der Waals surface area contributed by atoms with Crippen LogP contribution in [0.15, 0.2) is 169 Å². The Balaban J connectivity index is 0.000000241. The first kappa shape index (κ1) is 57.6. The molecule has 0 radical (unpaired) electrons. The van der Waals surface area contributed by atoms with Gasteiger partial charge in [0.1, 0.15) is 34.2 Å². The van der Waals surface area contributed by atoms with Crippen LogP contribution in [-0.4, -0.2) is 93.8 Å². The molecular weight excluding hydrogens is 1080 g/mol. The van der Waals surface area contributed by atoms with Gasteiger partial charge in [-0.25, -0.2) is 0 Å². The predicted molar refractivity (Wildman–Crippen MR) is 284 cm³/mol. The van der Waals surface area contributed by atoms with Gasteiger partial charge in [0.15, 0.2) is 5.75 Å². The molecule has 18 nitrogen and oxygen atoms in total. The molecule has 0 bridgehead atoms. The summed E-state index contributed by atoms with van der Waals surface area (Å²) in [6.07, 6.45) is 0. The largest absolute Gasteiger partial charge is 2.00 e. The summed E-state index contributed by atoms with van der Waals surface area (Å²) < 4.78 is 76.4. The quantitative estimate of drug-likeness (QED) is 0.0260. The second kappa shape index (κ2) is 24.7. The van der Waals surface area contributed by atoms with Gasteiger partial charge in [0.25, 0.3) is 26.1 Å². The summed E-state index contributed by atoms with van der Waals surface area (Å²) in [5.41, 5.74) is 0.787. The maximum absolute atomic E-state index is 13.4. The molecule has 8 rings (SSSR count). The summed E-state index contributed by atoms with van der Waals surface area (Å²) in [5.74, 6) is -1.68. The van der Waals surface area contributed by atoms with Crippen LogP contribution < -0.4 is 25.0 Å². The number of aryl methyl sites for hydroxylation is 2. The van der Waals surface area contributed by atoms with Gasteiger partial charge in [-0.3, -0.25) is 18.9 Å². The van der Waals surface area contributed by atoms with Crippen LogP contribution in [0.2, 0.25) is 10.0 Å². The number of nitrogens with zero attached hydrogens (tertiary/aromatic N) is 5. The minimum absolute atomic E-state index is 0. The number of hydrogen-bond acceptors (Lipinski definition) is 15. The molecule has 0 spiro atoms. The number of carbonyl (C=O) groups excluding carboxylic acids is 1. The molecule has 1 amide bonds. The van der Waals surface area contributed by atoms with Gasteiger partial charge >= 0.3 is 37.7 Å². The number of amides is 1. The van der Waals surface area contributed by atoms with Crippen molar-refractivity contribution in [2.75, 3.05) is 18.5 Å². The van der Waals surface area contributed by atoms with Crippen molar-refractivity contribution in [3.05, 3.63) is 166 Å². The van der Waals surface area contributed by atoms with Gasteiger partial charge in [-0.1, -0.05) is 102 Å². The normalized spacial score (nSPS) is 11.9. The molecule has 8 aromatic carbocycles. The van der Waals surface area contributed by atoms with E-state index in [-0.39, 0.29) is 87.3 Å². The number of anilines is 1. The second-order valence-corrected chi connectivity index (χ2v) is 19.5. The standard InChI is InChI=1S/2C26H22ClN3O6S.Ca/c2*1-3-36-22-11-7-6-10-20(22)28-26(32)19-13-16-8-4-5-9-18(16)24(25(19)31)30-29-21-14-17(37(33,34)35)12-15(2)23(21)27;/h2*4-14,31H,3H2,1-2H3,(H,28,32)(H,33,34,35);/q;;+2/p-2. The number of fused-ring (bicyclic) bond motifs is 2. The molecule has 380 valence electrons. The number of carbonyl (C=O) groups is 1. The molecular formula is C52H42CaCl2N6O12S2. The number of aliphatic imine (C=N–C) groups is 1. The number of phenols is 1. The van der Waals surface area contributed by atoms with E-state index in [2.05, 4.69) is 30.8 Å². The summed E-state index contributed by atoms with van der Waals surface area (Å²) in [4.78, 5) is 16.5. The number of benzene rings is 8. The molecule has 0 saturated heterocycles. The van der Waals surface area contributed by atoms with Crippen LogP contribution >= 0.6 is 23.2 Å². The summed E-state index contributed by atoms with van der Waals surface area (Å²) >= 11 is 12.5. The Labute approximate surface area is 470 Å². The smallest absolute Gasteiger partial charge is 0.871 e. The van der Waals surface area contributed by atoms with E-state index in [1.165, 1.54) is 31.2 Å². The number of aromatic hydroxyl groups is 1. The molecule has 0 aromatic heterocycles. The number of azo groups is 2. The molecule has 8 aromatic rings. The van der Waals surface area contributed by atoms with Gasteiger partial charge in [-0.15, -0.1) is 15.3 Å². The molecule has 0 heterocycles. The van der Waals surface area contributed by atoms with E-state index in [0.717, 1.165) is 12.1 Å². The molecule has 4 N–H and O–H groups in total. The van der Waals surface area contributed by atoms with Gasteiger partial charge in [-0.05, 0) is 122 Å². The number of para-hydroxylation sites is 4. The third-order valence-corrected chi connectivity index (χ3v) is 13.4. The van der Waals surface area contributed by atoms with Crippen LogP contribution in [0.5, 0.6) is 23.0 Å². The van der Waals surface area contributed by atoms with E-state index in [1.807, 2.05) is 6.92 Å². The molecule has 23 heteroatoms. The summed E-state index contributed by atoms with van der Waals surface area (Å²) in [7, 11) is -9.05. The average molecular weight is 1120 g/mol. The third kappa shape index (κ3) is 13.6. The Kier molecular flexibility index (Phi) is 19.0. The van der Waals surface area contributed by atoms with Crippen molar-refractivity contribution in [1.29, 1.82) is 0 Å². The van der Waals surface area contributed by atoms with Crippen molar-refractivity contribution in [2.24, 2.45) is 25.4 Å². The number of rotatable bonds is 14. The first-order valence-electron chi connectivity index (χ1n) is 22.1. The number of ether oxygens (including phenoxy) is 2. The van der Waals surface area contributed by atoms with Crippen LogP contribution in [0.1, 0.15) is 40.9 Å². The van der Waals surface area contributed by atoms with E-state index in [4.69, 9.17) is 32.7 Å². The number of phenolic OH excluding ortho intramolecular Hbond substituents is 1. The third-order valence-electron chi connectivity index (χ3n) is 10.8. The van der Waals surface area contributed by atoms with Crippen LogP contribution in [-0.2, 0) is 20.2 Å². The monoisotopic (exact) mass is 1120 g/mol. The molecule has 0 fully saturated rings. The molecule has 0 atom stereocenters. The molecule has 0 unspecified atom stereocenters. The van der Waals surface area contributed by atoms with Crippen molar-refractivity contribution in [2.45, 2.75) is 37.5 Å². The minimum atomic E-state index is -4.54. The van der Waals surface area contributed by atoms with Crippen molar-refractivity contribution >= 4 is 149 Å². The van der Waals surface area contributed by atoms with Gasteiger partial charge in [0.2, 0.25) is 0 Å². The van der Waals surface area contributed by atoms with Gasteiger partial charge in [0, 0.05) is 10.8 Å². The van der Waals surface area contributed by atoms with Crippen molar-refractivity contribution < 1.29 is 55.5 Å². The zero-order chi connectivity index (χ0) is 53.5. The minimum Gasteiger partial charge on any atom is -0.871 e. The Morgan fingerprint density at radius 3 is 1.61 bits per heavy atom. The number of nitrogens with one attached hydrogen (secondary N) is 1. The summed E-state index contributed by atoms with van der Waals surface area (Å²) in [6.45, 7) is 7.48. The van der Waals surface area contributed by atoms with E-state index in [0.29, 0.717) is 63.1 Å². The van der Waals surface area contributed by atoms with Crippen LogP contribution in [0.4, 0.5) is 34.1 Å². The Morgan fingerprint density at radius 1 is 0.613 bits per heavy atom. The van der Waals surface area contributed by atoms with Crippen LogP contribution in [0.25, 0.3) is 21.5 Å². The molecule has 0 aliphatic carbocycles. The maximum atomic E-state index is 13.4. The second-order valence-electron chi connectivity index (χ2n) is 15.9. The van der Waals surface area contributed by atoms with E-state index >= 15 is 0 Å². The first-order valence-corrected chi connectivity index (χ1v) is 25.7. The van der Waals surface area contributed by atoms with Crippen molar-refractivity contribution in [1.82, 2.24) is 0 Å². The molecule has 75 heavy (non-hydrogen) atoms. The maximum Gasteiger partial charge on any atom is 2.00 e. The van der Waals surface area contributed by atoms with Crippen LogP contribution in [0.3, 0.4) is 0 Å². The van der Waals surface area contributed by atoms with E-state index in [1.54, 1.807) is 111 Å². The van der Waals surface area contributed by atoms with Crippen molar-refractivity contribution in [3.8, 4) is 23.0 Å².